The maximum Gasteiger partial charge on any atom is 0.308 e. The number of carboxylic acids is 1. The van der Waals surface area contributed by atoms with E-state index in [1.165, 1.54) is 0 Å². The van der Waals surface area contributed by atoms with E-state index in [4.69, 9.17) is 9.63 Å². The summed E-state index contributed by atoms with van der Waals surface area (Å²) in [5, 5.41) is 13.0. The maximum absolute atomic E-state index is 12.6. The van der Waals surface area contributed by atoms with E-state index >= 15 is 0 Å². The number of carboxylic acid groups (broad SMARTS) is 1. The molecule has 0 spiro atoms. The Morgan fingerprint density at radius 3 is 2.83 bits per heavy atom. The predicted octanol–water partition coefficient (Wildman–Crippen LogP) is 2.06. The van der Waals surface area contributed by atoms with Gasteiger partial charge in [0.2, 0.25) is 5.76 Å². The maximum atomic E-state index is 12.6. The van der Waals surface area contributed by atoms with Crippen LogP contribution < -0.4 is 0 Å². The molecule has 3 rings (SSSR count). The summed E-state index contributed by atoms with van der Waals surface area (Å²) in [6.45, 7) is 2.10. The van der Waals surface area contributed by atoms with Gasteiger partial charge in [0.1, 0.15) is 5.69 Å². The Labute approximate surface area is 132 Å². The van der Waals surface area contributed by atoms with Gasteiger partial charge in [0, 0.05) is 24.8 Å². The van der Waals surface area contributed by atoms with Crippen molar-refractivity contribution in [2.45, 2.75) is 25.8 Å². The first-order valence-corrected chi connectivity index (χ1v) is 7.48. The number of hydrogen-bond acceptors (Lipinski definition) is 5. The quantitative estimate of drug-likeness (QED) is 0.931. The van der Waals surface area contributed by atoms with E-state index in [1.807, 2.05) is 13.0 Å². The van der Waals surface area contributed by atoms with Crippen LogP contribution in [0.4, 0.5) is 0 Å². The molecule has 2 atom stereocenters. The fourth-order valence-corrected chi connectivity index (χ4v) is 2.74. The minimum atomic E-state index is -0.874. The normalized spacial score (nSPS) is 21.2. The fourth-order valence-electron chi connectivity index (χ4n) is 2.74. The molecule has 0 aliphatic carbocycles. The Balaban J connectivity index is 1.80. The smallest absolute Gasteiger partial charge is 0.308 e. The summed E-state index contributed by atoms with van der Waals surface area (Å²) < 4.78 is 5.15. The van der Waals surface area contributed by atoms with E-state index in [0.717, 1.165) is 0 Å². The third-order valence-electron chi connectivity index (χ3n) is 4.14. The van der Waals surface area contributed by atoms with Crippen LogP contribution in [-0.4, -0.2) is 44.6 Å². The molecule has 1 saturated heterocycles. The molecule has 0 bridgehead atoms. The van der Waals surface area contributed by atoms with Crippen molar-refractivity contribution >= 4 is 11.9 Å². The molecule has 1 aliphatic heterocycles. The van der Waals surface area contributed by atoms with Gasteiger partial charge in [-0.2, -0.15) is 0 Å². The number of carbonyl (C=O) groups excluding carboxylic acids is 1. The van der Waals surface area contributed by atoms with Crippen molar-refractivity contribution < 1.29 is 19.2 Å². The zero-order valence-electron chi connectivity index (χ0n) is 12.7. The Kier molecular flexibility index (Phi) is 4.10. The zero-order valence-corrected chi connectivity index (χ0v) is 12.7. The number of likely N-dealkylation sites (tertiary alicyclic amines) is 1. The van der Waals surface area contributed by atoms with Crippen LogP contribution in [0.5, 0.6) is 0 Å². The Morgan fingerprint density at radius 2 is 2.13 bits per heavy atom. The number of aliphatic carboxylic acids is 1. The highest BCUT2D eigenvalue weighted by atomic mass is 16.5. The molecule has 2 unspecified atom stereocenters. The van der Waals surface area contributed by atoms with Crippen molar-refractivity contribution in [2.24, 2.45) is 5.92 Å². The number of pyridine rings is 1. The topological polar surface area (TPSA) is 96.5 Å². The molecular formula is C16H17N3O4. The lowest BCUT2D eigenvalue weighted by molar-refractivity contribution is -0.143. The molecule has 3 heterocycles. The average Bonchev–Trinajstić information content (AvgIpc) is 3.05. The average molecular weight is 315 g/mol. The Morgan fingerprint density at radius 1 is 1.30 bits per heavy atom. The van der Waals surface area contributed by atoms with Crippen LogP contribution >= 0.6 is 0 Å². The second kappa shape index (κ2) is 6.20. The van der Waals surface area contributed by atoms with Crippen molar-refractivity contribution in [1.82, 2.24) is 15.0 Å². The number of rotatable bonds is 3. The summed E-state index contributed by atoms with van der Waals surface area (Å²) in [5.41, 5.74) is 1.10. The number of hydrogen-bond donors (Lipinski definition) is 1. The lowest BCUT2D eigenvalue weighted by atomic mass is 9.93. The molecule has 2 aromatic rings. The molecule has 2 aromatic heterocycles. The fraction of sp³-hybridized carbons (Fsp3) is 0.375. The lowest BCUT2D eigenvalue weighted by Crippen LogP contribution is -2.47. The number of amides is 1. The molecule has 1 aliphatic rings. The van der Waals surface area contributed by atoms with Gasteiger partial charge in [0.05, 0.1) is 11.6 Å². The first-order chi connectivity index (χ1) is 11.1. The van der Waals surface area contributed by atoms with Crippen LogP contribution in [0.3, 0.4) is 0 Å². The van der Waals surface area contributed by atoms with Crippen molar-refractivity contribution in [3.63, 3.8) is 0 Å². The molecule has 7 nitrogen and oxygen atoms in total. The number of piperidine rings is 1. The molecule has 0 saturated carbocycles. The molecule has 1 N–H and O–H groups in total. The first kappa shape index (κ1) is 15.2. The second-order valence-corrected chi connectivity index (χ2v) is 5.71. The molecular weight excluding hydrogens is 298 g/mol. The lowest BCUT2D eigenvalue weighted by Gasteiger charge is -2.35. The van der Waals surface area contributed by atoms with Gasteiger partial charge in [-0.1, -0.05) is 11.2 Å². The van der Waals surface area contributed by atoms with Gasteiger partial charge < -0.3 is 14.5 Å². The number of nitrogens with zero attached hydrogens (tertiary/aromatic N) is 3. The molecule has 1 fully saturated rings. The summed E-state index contributed by atoms with van der Waals surface area (Å²) >= 11 is 0. The molecule has 1 amide bonds. The van der Waals surface area contributed by atoms with E-state index < -0.39 is 11.9 Å². The van der Waals surface area contributed by atoms with E-state index in [9.17, 15) is 9.59 Å². The molecule has 120 valence electrons. The van der Waals surface area contributed by atoms with Crippen LogP contribution in [0.15, 0.2) is 35.0 Å². The standard InChI is InChI=1S/C16H17N3O4/c1-10-5-6-11(16(21)22)9-19(10)15(20)14-8-13(18-23-14)12-4-2-3-7-17-12/h2-4,7-8,10-11H,5-6,9H2,1H3,(H,21,22). The van der Waals surface area contributed by atoms with Crippen molar-refractivity contribution in [2.75, 3.05) is 6.54 Å². The van der Waals surface area contributed by atoms with Gasteiger partial charge in [-0.15, -0.1) is 0 Å². The summed E-state index contributed by atoms with van der Waals surface area (Å²) in [6, 6.07) is 6.90. The summed E-state index contributed by atoms with van der Waals surface area (Å²) in [5.74, 6) is -1.64. The van der Waals surface area contributed by atoms with Crippen molar-refractivity contribution in [3.8, 4) is 11.4 Å². The van der Waals surface area contributed by atoms with Gasteiger partial charge in [-0.3, -0.25) is 14.6 Å². The SMILES string of the molecule is CC1CCC(C(=O)O)CN1C(=O)c1cc(-c2ccccn2)no1. The van der Waals surface area contributed by atoms with Gasteiger partial charge in [-0.25, -0.2) is 0 Å². The van der Waals surface area contributed by atoms with E-state index in [0.29, 0.717) is 24.2 Å². The predicted molar refractivity (Wildman–Crippen MR) is 80.6 cm³/mol. The van der Waals surface area contributed by atoms with E-state index in [2.05, 4.69) is 10.1 Å². The monoisotopic (exact) mass is 315 g/mol. The minimum absolute atomic E-state index is 0.0264. The van der Waals surface area contributed by atoms with Crippen LogP contribution in [0.1, 0.15) is 30.3 Å². The summed E-state index contributed by atoms with van der Waals surface area (Å²) in [6.07, 6.45) is 2.87. The summed E-state index contributed by atoms with van der Waals surface area (Å²) in [7, 11) is 0. The number of carbonyl (C=O) groups is 2. The largest absolute Gasteiger partial charge is 0.481 e. The Hall–Kier alpha value is -2.70. The van der Waals surface area contributed by atoms with Crippen LogP contribution in [-0.2, 0) is 4.79 Å². The first-order valence-electron chi connectivity index (χ1n) is 7.48. The Bertz CT molecular complexity index is 713. The van der Waals surface area contributed by atoms with Gasteiger partial charge in [-0.05, 0) is 31.9 Å². The zero-order chi connectivity index (χ0) is 16.4. The van der Waals surface area contributed by atoms with Gasteiger partial charge in [0.15, 0.2) is 0 Å². The molecule has 0 radical (unpaired) electrons. The highest BCUT2D eigenvalue weighted by Gasteiger charge is 2.34. The van der Waals surface area contributed by atoms with Crippen LogP contribution in [0, 0.1) is 5.92 Å². The van der Waals surface area contributed by atoms with Gasteiger partial charge in [0.25, 0.3) is 5.91 Å². The number of aromatic nitrogens is 2. The summed E-state index contributed by atoms with van der Waals surface area (Å²) in [4.78, 5) is 29.5. The van der Waals surface area contributed by atoms with Crippen molar-refractivity contribution in [1.29, 1.82) is 0 Å². The van der Waals surface area contributed by atoms with Gasteiger partial charge >= 0.3 is 5.97 Å². The molecule has 23 heavy (non-hydrogen) atoms. The minimum Gasteiger partial charge on any atom is -0.481 e. The van der Waals surface area contributed by atoms with Crippen LogP contribution in [0.25, 0.3) is 11.4 Å². The molecule has 7 heteroatoms. The van der Waals surface area contributed by atoms with Crippen molar-refractivity contribution in [3.05, 3.63) is 36.2 Å². The third-order valence-corrected chi connectivity index (χ3v) is 4.14. The highest BCUT2D eigenvalue weighted by molar-refractivity contribution is 5.93. The molecule has 0 aromatic carbocycles. The third kappa shape index (κ3) is 3.08. The van der Waals surface area contributed by atoms with Crippen LogP contribution in [0.2, 0.25) is 0 Å². The highest BCUT2D eigenvalue weighted by Crippen LogP contribution is 2.25. The second-order valence-electron chi connectivity index (χ2n) is 5.71. The van der Waals surface area contributed by atoms with E-state index in [-0.39, 0.29) is 24.3 Å². The van der Waals surface area contributed by atoms with E-state index in [1.54, 1.807) is 29.3 Å².